The third kappa shape index (κ3) is 11.0. The molecule has 2 aliphatic carbocycles. The SMILES string of the molecule is COC(=O)N1CCN(C)CC1.COc1ncc(C2CCC(CN(C(=O)C3CCCCC3)c3cc(/C(C=NC(C)C)=C/N)ccn3)CC2)cc1C. The van der Waals surface area contributed by atoms with Gasteiger partial charge in [0.15, 0.2) is 0 Å². The summed E-state index contributed by atoms with van der Waals surface area (Å²) in [6, 6.07) is 6.34. The number of nitrogens with zero attached hydrogens (tertiary/aromatic N) is 6. The van der Waals surface area contributed by atoms with Crippen molar-refractivity contribution in [2.45, 2.75) is 90.5 Å². The summed E-state index contributed by atoms with van der Waals surface area (Å²) in [5, 5.41) is 0. The van der Waals surface area contributed by atoms with Gasteiger partial charge in [-0.2, -0.15) is 0 Å². The highest BCUT2D eigenvalue weighted by Gasteiger charge is 2.32. The molecule has 1 saturated heterocycles. The topological polar surface area (TPSA) is 126 Å². The molecule has 274 valence electrons. The van der Waals surface area contributed by atoms with Crippen molar-refractivity contribution in [2.24, 2.45) is 22.6 Å². The van der Waals surface area contributed by atoms with Crippen molar-refractivity contribution in [3.63, 3.8) is 0 Å². The first-order valence-corrected chi connectivity index (χ1v) is 18.4. The second kappa shape index (κ2) is 19.4. The second-order valence-electron chi connectivity index (χ2n) is 14.3. The van der Waals surface area contributed by atoms with Crippen LogP contribution in [0.5, 0.6) is 5.88 Å². The van der Waals surface area contributed by atoms with Crippen LogP contribution in [-0.2, 0) is 9.53 Å². The number of aliphatic imine (C=N–C) groups is 1. The second-order valence-corrected chi connectivity index (χ2v) is 14.3. The number of hydrogen-bond acceptors (Lipinski definition) is 9. The minimum Gasteiger partial charge on any atom is -0.481 e. The Hall–Kier alpha value is -3.99. The van der Waals surface area contributed by atoms with Gasteiger partial charge in [-0.05, 0) is 108 Å². The molecule has 0 spiro atoms. The van der Waals surface area contributed by atoms with Crippen LogP contribution in [0, 0.1) is 18.8 Å². The molecule has 2 aromatic rings. The fourth-order valence-corrected chi connectivity index (χ4v) is 7.13. The van der Waals surface area contributed by atoms with E-state index in [0.717, 1.165) is 100 Å². The highest BCUT2D eigenvalue weighted by molar-refractivity contribution is 6.10. The number of methoxy groups -OCH3 is 2. The molecule has 3 heterocycles. The molecule has 2 aromatic heterocycles. The lowest BCUT2D eigenvalue weighted by molar-refractivity contribution is -0.123. The van der Waals surface area contributed by atoms with Crippen LogP contribution in [0.3, 0.4) is 0 Å². The average molecular weight is 690 g/mol. The molecule has 2 N–H and O–H groups in total. The Morgan fingerprint density at radius 2 is 1.72 bits per heavy atom. The molecule has 3 fully saturated rings. The van der Waals surface area contributed by atoms with E-state index in [-0.39, 0.29) is 24.0 Å². The zero-order valence-electron chi connectivity index (χ0n) is 31.1. The third-order valence-electron chi connectivity index (χ3n) is 10.2. The highest BCUT2D eigenvalue weighted by Crippen LogP contribution is 2.38. The van der Waals surface area contributed by atoms with Crippen molar-refractivity contribution in [3.8, 4) is 5.88 Å². The van der Waals surface area contributed by atoms with Crippen molar-refractivity contribution >= 4 is 29.6 Å². The summed E-state index contributed by atoms with van der Waals surface area (Å²) < 4.78 is 9.94. The zero-order valence-corrected chi connectivity index (χ0v) is 31.1. The summed E-state index contributed by atoms with van der Waals surface area (Å²) in [4.78, 5) is 44.5. The van der Waals surface area contributed by atoms with Crippen LogP contribution in [0.15, 0.2) is 41.8 Å². The zero-order chi connectivity index (χ0) is 36.0. The number of ether oxygens (including phenoxy) is 2. The molecule has 2 amide bonds. The van der Waals surface area contributed by atoms with E-state index in [2.05, 4.69) is 39.7 Å². The number of piperazine rings is 1. The fraction of sp³-hybridized carbons (Fsp3) is 0.615. The number of rotatable bonds is 9. The summed E-state index contributed by atoms with van der Waals surface area (Å²) in [7, 11) is 5.13. The number of amides is 2. The maximum absolute atomic E-state index is 13.9. The smallest absolute Gasteiger partial charge is 0.409 e. The maximum atomic E-state index is 13.9. The molecule has 2 saturated carbocycles. The van der Waals surface area contributed by atoms with Gasteiger partial charge in [0, 0.05) is 80.6 Å². The van der Waals surface area contributed by atoms with Crippen LogP contribution >= 0.6 is 0 Å². The Morgan fingerprint density at radius 1 is 1.02 bits per heavy atom. The predicted molar refractivity (Wildman–Crippen MR) is 201 cm³/mol. The number of hydrogen-bond donors (Lipinski definition) is 1. The third-order valence-corrected chi connectivity index (χ3v) is 10.2. The monoisotopic (exact) mass is 689 g/mol. The standard InChI is InChI=1S/C32H45N5O2.C7H14N2O2/c1-22(2)35-20-29(18-33)27-14-15-34-30(17-27)37(32(38)26-8-6-5-7-9-26)21-24-10-12-25(13-11-24)28-16-23(3)31(39-4)36-19-28;1-8-3-5-9(6-4-8)7(10)11-2/h14-20,22,24-26H,5-13,21,33H2,1-4H3;3-6H2,1-2H3/b29-18+,35-20?;. The van der Waals surface area contributed by atoms with Crippen LogP contribution in [-0.4, -0.2) is 98.0 Å². The van der Waals surface area contributed by atoms with E-state index in [1.54, 1.807) is 24.4 Å². The molecular formula is C39H59N7O4. The van der Waals surface area contributed by atoms with Gasteiger partial charge in [0.2, 0.25) is 11.8 Å². The van der Waals surface area contributed by atoms with E-state index in [9.17, 15) is 9.59 Å². The van der Waals surface area contributed by atoms with E-state index in [0.29, 0.717) is 24.3 Å². The molecule has 0 unspecified atom stereocenters. The predicted octanol–water partition coefficient (Wildman–Crippen LogP) is 6.46. The largest absolute Gasteiger partial charge is 0.481 e. The number of anilines is 1. The molecule has 0 bridgehead atoms. The lowest BCUT2D eigenvalue weighted by atomic mass is 9.78. The van der Waals surface area contributed by atoms with Gasteiger partial charge < -0.3 is 25.0 Å². The number of likely N-dealkylation sites (N-methyl/N-ethyl adjacent to an activating group) is 1. The molecule has 5 rings (SSSR count). The van der Waals surface area contributed by atoms with Crippen LogP contribution in [0.25, 0.3) is 5.57 Å². The molecule has 50 heavy (non-hydrogen) atoms. The summed E-state index contributed by atoms with van der Waals surface area (Å²) in [5.41, 5.74) is 10.1. The van der Waals surface area contributed by atoms with Gasteiger partial charge in [0.1, 0.15) is 5.82 Å². The van der Waals surface area contributed by atoms with Gasteiger partial charge in [0.05, 0.1) is 14.2 Å². The van der Waals surface area contributed by atoms with Crippen molar-refractivity contribution in [3.05, 3.63) is 53.5 Å². The van der Waals surface area contributed by atoms with Gasteiger partial charge in [-0.25, -0.2) is 14.8 Å². The minimum atomic E-state index is -0.210. The molecular weight excluding hydrogens is 630 g/mol. The Labute approximate surface area is 299 Å². The maximum Gasteiger partial charge on any atom is 0.409 e. The highest BCUT2D eigenvalue weighted by atomic mass is 16.5. The lowest BCUT2D eigenvalue weighted by Gasteiger charge is -2.35. The van der Waals surface area contributed by atoms with Crippen molar-refractivity contribution in [1.82, 2.24) is 19.8 Å². The van der Waals surface area contributed by atoms with Crippen LogP contribution in [0.2, 0.25) is 0 Å². The first-order chi connectivity index (χ1) is 24.1. The Balaban J connectivity index is 0.000000435. The number of aryl methyl sites for hydroxylation is 1. The lowest BCUT2D eigenvalue weighted by Crippen LogP contribution is -2.47. The van der Waals surface area contributed by atoms with Crippen molar-refractivity contribution in [1.29, 1.82) is 0 Å². The number of carbonyl (C=O) groups is 2. The van der Waals surface area contributed by atoms with Gasteiger partial charge in [-0.1, -0.05) is 19.3 Å². The Bertz CT molecular complexity index is 1440. The average Bonchev–Trinajstić information content (AvgIpc) is 3.14. The van der Waals surface area contributed by atoms with Crippen LogP contribution in [0.1, 0.15) is 94.2 Å². The minimum absolute atomic E-state index is 0.0842. The quantitative estimate of drug-likeness (QED) is 0.298. The molecule has 11 nitrogen and oxygen atoms in total. The summed E-state index contributed by atoms with van der Waals surface area (Å²) >= 11 is 0. The van der Waals surface area contributed by atoms with Crippen LogP contribution < -0.4 is 15.4 Å². The molecule has 0 atom stereocenters. The molecule has 1 aliphatic heterocycles. The van der Waals surface area contributed by atoms with E-state index in [1.807, 2.05) is 43.3 Å². The van der Waals surface area contributed by atoms with Gasteiger partial charge in [-0.3, -0.25) is 14.7 Å². The van der Waals surface area contributed by atoms with E-state index in [1.165, 1.54) is 19.1 Å². The van der Waals surface area contributed by atoms with E-state index in [4.69, 9.17) is 15.5 Å². The Kier molecular flexibility index (Phi) is 15.1. The van der Waals surface area contributed by atoms with Crippen LogP contribution in [0.4, 0.5) is 10.6 Å². The summed E-state index contributed by atoms with van der Waals surface area (Å²) in [5.74, 6) is 2.67. The number of pyridine rings is 2. The van der Waals surface area contributed by atoms with Gasteiger partial charge >= 0.3 is 6.09 Å². The molecule has 11 heteroatoms. The van der Waals surface area contributed by atoms with Gasteiger partial charge in [0.25, 0.3) is 0 Å². The number of carbonyl (C=O) groups excluding carboxylic acids is 2. The van der Waals surface area contributed by atoms with E-state index < -0.39 is 0 Å². The summed E-state index contributed by atoms with van der Waals surface area (Å²) in [6.45, 7) is 10.3. The van der Waals surface area contributed by atoms with Crippen molar-refractivity contribution in [2.75, 3.05) is 58.9 Å². The molecule has 0 aromatic carbocycles. The van der Waals surface area contributed by atoms with Crippen molar-refractivity contribution < 1.29 is 19.1 Å². The molecule has 0 radical (unpaired) electrons. The fourth-order valence-electron chi connectivity index (χ4n) is 7.13. The number of nitrogens with two attached hydrogens (primary N) is 1. The molecule has 3 aliphatic rings. The first kappa shape index (κ1) is 38.8. The summed E-state index contributed by atoms with van der Waals surface area (Å²) in [6.07, 6.45) is 16.7. The Morgan fingerprint density at radius 3 is 2.32 bits per heavy atom. The van der Waals surface area contributed by atoms with E-state index >= 15 is 0 Å². The van der Waals surface area contributed by atoms with Gasteiger partial charge in [-0.15, -0.1) is 0 Å². The first-order valence-electron chi connectivity index (χ1n) is 18.4. The normalized spacial score (nSPS) is 20.7. The number of allylic oxidation sites excluding steroid dienone is 1. The number of aromatic nitrogens is 2.